The van der Waals surface area contributed by atoms with Crippen LogP contribution < -0.4 is 0 Å². The van der Waals surface area contributed by atoms with Gasteiger partial charge in [0.15, 0.2) is 6.29 Å². The molecule has 5 heteroatoms. The average molecular weight is 188 g/mol. The third-order valence-electron chi connectivity index (χ3n) is 1.93. The van der Waals surface area contributed by atoms with Crippen LogP contribution in [-0.4, -0.2) is 32.4 Å². The second-order valence-electron chi connectivity index (χ2n) is 2.85. The second-order valence-corrected chi connectivity index (χ2v) is 2.85. The lowest BCUT2D eigenvalue weighted by molar-refractivity contribution is -0.182. The van der Waals surface area contributed by atoms with Crippen LogP contribution in [0.15, 0.2) is 0 Å². The van der Waals surface area contributed by atoms with Gasteiger partial charge >= 0.3 is 11.9 Å². The van der Waals surface area contributed by atoms with Gasteiger partial charge in [0.2, 0.25) is 0 Å². The van der Waals surface area contributed by atoms with E-state index in [4.69, 9.17) is 9.47 Å². The summed E-state index contributed by atoms with van der Waals surface area (Å²) in [6.07, 6.45) is -0.187. The molecule has 0 radical (unpaired) electrons. The number of hydrogen-bond acceptors (Lipinski definition) is 5. The smallest absolute Gasteiger partial charge is 0.313 e. The molecule has 0 aromatic heterocycles. The molecule has 0 atom stereocenters. The van der Waals surface area contributed by atoms with Gasteiger partial charge < -0.3 is 14.2 Å². The number of esters is 2. The van der Waals surface area contributed by atoms with Gasteiger partial charge in [-0.25, -0.2) is 0 Å². The molecule has 0 unspecified atom stereocenters. The number of rotatable bonds is 3. The van der Waals surface area contributed by atoms with Crippen LogP contribution in [0.3, 0.4) is 0 Å². The molecule has 0 aliphatic carbocycles. The Morgan fingerprint density at radius 2 is 1.69 bits per heavy atom. The van der Waals surface area contributed by atoms with Crippen molar-refractivity contribution in [3.63, 3.8) is 0 Å². The number of methoxy groups -OCH3 is 2. The predicted octanol–water partition coefficient (Wildman–Crippen LogP) is 0.0851. The van der Waals surface area contributed by atoms with Gasteiger partial charge in [0, 0.05) is 20.1 Å². The van der Waals surface area contributed by atoms with E-state index in [1.165, 1.54) is 14.2 Å². The van der Waals surface area contributed by atoms with Crippen molar-refractivity contribution in [3.8, 4) is 0 Å². The molecule has 13 heavy (non-hydrogen) atoms. The van der Waals surface area contributed by atoms with Crippen molar-refractivity contribution in [3.05, 3.63) is 0 Å². The van der Waals surface area contributed by atoms with E-state index in [1.807, 2.05) is 0 Å². The average Bonchev–Trinajstić information content (AvgIpc) is 2.04. The highest BCUT2D eigenvalue weighted by molar-refractivity contribution is 5.88. The van der Waals surface area contributed by atoms with Gasteiger partial charge in [-0.2, -0.15) is 0 Å². The Morgan fingerprint density at radius 1 is 1.23 bits per heavy atom. The van der Waals surface area contributed by atoms with Gasteiger partial charge in [0.25, 0.3) is 0 Å². The first-order valence-corrected chi connectivity index (χ1v) is 3.96. The van der Waals surface area contributed by atoms with E-state index in [0.717, 1.165) is 0 Å². The minimum atomic E-state index is -0.517. The Kier molecular flexibility index (Phi) is 3.39. The van der Waals surface area contributed by atoms with Crippen LogP contribution in [0.25, 0.3) is 0 Å². The minimum absolute atomic E-state index is 0.165. The maximum Gasteiger partial charge on any atom is 0.313 e. The van der Waals surface area contributed by atoms with Crippen LogP contribution in [0, 0.1) is 5.92 Å². The molecule has 1 aliphatic rings. The first-order chi connectivity index (χ1) is 6.17. The van der Waals surface area contributed by atoms with E-state index in [9.17, 15) is 9.59 Å². The van der Waals surface area contributed by atoms with Gasteiger partial charge in [0.05, 0.1) is 12.8 Å². The van der Waals surface area contributed by atoms with Crippen LogP contribution in [0.5, 0.6) is 0 Å². The monoisotopic (exact) mass is 188 g/mol. The van der Waals surface area contributed by atoms with Crippen molar-refractivity contribution in [1.29, 1.82) is 0 Å². The molecule has 1 saturated heterocycles. The second kappa shape index (κ2) is 4.34. The highest BCUT2D eigenvalue weighted by Gasteiger charge is 2.33. The maximum absolute atomic E-state index is 10.9. The third kappa shape index (κ3) is 2.50. The Hall–Kier alpha value is -0.940. The zero-order valence-corrected chi connectivity index (χ0v) is 7.61. The molecule has 0 saturated carbocycles. The molecule has 0 spiro atoms. The molecule has 0 amide bonds. The van der Waals surface area contributed by atoms with E-state index in [-0.39, 0.29) is 18.8 Å². The molecule has 74 valence electrons. The number of hydrogen-bond donors (Lipinski definition) is 0. The lowest BCUT2D eigenvalue weighted by Gasteiger charge is -2.25. The van der Waals surface area contributed by atoms with E-state index >= 15 is 0 Å². The van der Waals surface area contributed by atoms with E-state index in [2.05, 4.69) is 4.74 Å². The Morgan fingerprint density at radius 3 is 2.08 bits per heavy atom. The van der Waals surface area contributed by atoms with Gasteiger partial charge in [-0.3, -0.25) is 9.59 Å². The number of carbonyl (C=O) groups is 2. The summed E-state index contributed by atoms with van der Waals surface area (Å²) >= 11 is 0. The van der Waals surface area contributed by atoms with Gasteiger partial charge in [-0.05, 0) is 0 Å². The summed E-state index contributed by atoms with van der Waals surface area (Å²) in [6, 6.07) is 0. The molecular weight excluding hydrogens is 176 g/mol. The fraction of sp³-hybridized carbons (Fsp3) is 0.750. The SMILES string of the molecule is COC(OC)C1CC(=O)OC(=O)C1. The van der Waals surface area contributed by atoms with Crippen LogP contribution in [-0.2, 0) is 23.8 Å². The van der Waals surface area contributed by atoms with Crippen LogP contribution in [0.1, 0.15) is 12.8 Å². The van der Waals surface area contributed by atoms with E-state index in [0.29, 0.717) is 0 Å². The number of ether oxygens (including phenoxy) is 3. The predicted molar refractivity (Wildman–Crippen MR) is 41.6 cm³/mol. The molecule has 0 N–H and O–H groups in total. The Bertz CT molecular complexity index is 193. The lowest BCUT2D eigenvalue weighted by atomic mass is 9.99. The van der Waals surface area contributed by atoms with Crippen molar-refractivity contribution in [2.45, 2.75) is 19.1 Å². The molecule has 1 rings (SSSR count). The quantitative estimate of drug-likeness (QED) is 0.356. The standard InChI is InChI=1S/C8H12O5/c1-11-8(12-2)5-3-6(9)13-7(10)4-5/h5,8H,3-4H2,1-2H3. The molecular formula is C8H12O5. The minimum Gasteiger partial charge on any atom is -0.393 e. The van der Waals surface area contributed by atoms with Gasteiger partial charge in [0.1, 0.15) is 0 Å². The number of cyclic esters (lactones) is 2. The highest BCUT2D eigenvalue weighted by Crippen LogP contribution is 2.22. The highest BCUT2D eigenvalue weighted by atomic mass is 16.7. The molecule has 1 aliphatic heterocycles. The summed E-state index contributed by atoms with van der Waals surface area (Å²) in [5.74, 6) is -1.26. The zero-order chi connectivity index (χ0) is 9.84. The molecule has 1 fully saturated rings. The summed E-state index contributed by atoms with van der Waals surface area (Å²) in [5, 5.41) is 0. The summed E-state index contributed by atoms with van der Waals surface area (Å²) in [7, 11) is 2.94. The fourth-order valence-corrected chi connectivity index (χ4v) is 1.38. The zero-order valence-electron chi connectivity index (χ0n) is 7.61. The van der Waals surface area contributed by atoms with Crippen molar-refractivity contribution in [2.24, 2.45) is 5.92 Å². The molecule has 5 nitrogen and oxygen atoms in total. The normalized spacial score (nSPS) is 19.3. The third-order valence-corrected chi connectivity index (χ3v) is 1.93. The van der Waals surface area contributed by atoms with E-state index in [1.54, 1.807) is 0 Å². The fourth-order valence-electron chi connectivity index (χ4n) is 1.38. The van der Waals surface area contributed by atoms with E-state index < -0.39 is 18.2 Å². The Labute approximate surface area is 76.0 Å². The Balaban J connectivity index is 2.58. The van der Waals surface area contributed by atoms with Crippen LogP contribution >= 0.6 is 0 Å². The maximum atomic E-state index is 10.9. The summed E-state index contributed by atoms with van der Waals surface area (Å²) in [6.45, 7) is 0. The molecule has 1 heterocycles. The van der Waals surface area contributed by atoms with Crippen molar-refractivity contribution in [1.82, 2.24) is 0 Å². The first-order valence-electron chi connectivity index (χ1n) is 3.96. The molecule has 0 aromatic rings. The summed E-state index contributed by atoms with van der Waals surface area (Å²) < 4.78 is 14.3. The summed E-state index contributed by atoms with van der Waals surface area (Å²) in [5.41, 5.74) is 0. The molecule has 0 aromatic carbocycles. The number of carbonyl (C=O) groups excluding carboxylic acids is 2. The summed E-state index contributed by atoms with van der Waals surface area (Å²) in [4.78, 5) is 21.7. The first kappa shape index (κ1) is 10.1. The largest absolute Gasteiger partial charge is 0.393 e. The van der Waals surface area contributed by atoms with Crippen molar-refractivity contribution >= 4 is 11.9 Å². The van der Waals surface area contributed by atoms with Gasteiger partial charge in [-0.15, -0.1) is 0 Å². The van der Waals surface area contributed by atoms with Gasteiger partial charge in [-0.1, -0.05) is 0 Å². The van der Waals surface area contributed by atoms with Crippen molar-refractivity contribution < 1.29 is 23.8 Å². The lowest BCUT2D eigenvalue weighted by Crippen LogP contribution is -2.34. The van der Waals surface area contributed by atoms with Crippen LogP contribution in [0.2, 0.25) is 0 Å². The van der Waals surface area contributed by atoms with Crippen molar-refractivity contribution in [2.75, 3.05) is 14.2 Å². The van der Waals surface area contributed by atoms with Crippen LogP contribution in [0.4, 0.5) is 0 Å². The topological polar surface area (TPSA) is 61.8 Å². The molecule has 0 bridgehead atoms.